The average Bonchev–Trinajstić information content (AvgIpc) is 3.19. The topological polar surface area (TPSA) is 47.6 Å². The average molecular weight is 393 g/mol. The lowest BCUT2D eigenvalue weighted by molar-refractivity contribution is -0.133. The van der Waals surface area contributed by atoms with Gasteiger partial charge in [-0.2, -0.15) is 0 Å². The first kappa shape index (κ1) is 19.9. The van der Waals surface area contributed by atoms with E-state index in [0.29, 0.717) is 0 Å². The van der Waals surface area contributed by atoms with E-state index in [9.17, 15) is 4.79 Å². The number of nitrogens with zero attached hydrogens (tertiary/aromatic N) is 2. The number of hydrogen-bond donors (Lipinski definition) is 2. The van der Waals surface area contributed by atoms with Crippen LogP contribution in [0.2, 0.25) is 0 Å². The number of carbonyl (C=O) groups excluding carboxylic acids is 1. The van der Waals surface area contributed by atoms with Crippen molar-refractivity contribution in [2.75, 3.05) is 31.1 Å². The van der Waals surface area contributed by atoms with Gasteiger partial charge in [0, 0.05) is 37.9 Å². The third kappa shape index (κ3) is 4.16. The van der Waals surface area contributed by atoms with Crippen molar-refractivity contribution >= 4 is 11.6 Å². The number of amides is 1. The molecule has 2 aromatic carbocycles. The van der Waals surface area contributed by atoms with Crippen LogP contribution in [0.15, 0.2) is 36.4 Å². The molecule has 2 aromatic rings. The summed E-state index contributed by atoms with van der Waals surface area (Å²) in [6, 6.07) is 13.1. The number of carbonyl (C=O) groups is 1. The maximum atomic E-state index is 13.1. The van der Waals surface area contributed by atoms with E-state index >= 15 is 0 Å². The summed E-state index contributed by atoms with van der Waals surface area (Å²) < 4.78 is 0. The highest BCUT2D eigenvalue weighted by Crippen LogP contribution is 2.27. The molecule has 0 saturated carbocycles. The zero-order valence-corrected chi connectivity index (χ0v) is 18.0. The van der Waals surface area contributed by atoms with E-state index in [0.717, 1.165) is 32.6 Å². The zero-order valence-electron chi connectivity index (χ0n) is 18.0. The van der Waals surface area contributed by atoms with Crippen LogP contribution in [0.5, 0.6) is 0 Å². The first-order valence-electron chi connectivity index (χ1n) is 10.6. The SMILES string of the molecule is Cc1ccc(C2CC(C(=O)N3CCN(c4cc(C)ccc4C)CC3)NN2)c(C)c1. The van der Waals surface area contributed by atoms with Gasteiger partial charge in [-0.25, -0.2) is 10.9 Å². The van der Waals surface area contributed by atoms with Crippen LogP contribution in [0.25, 0.3) is 0 Å². The van der Waals surface area contributed by atoms with Crippen molar-refractivity contribution in [1.29, 1.82) is 0 Å². The molecular formula is C24H32N4O. The highest BCUT2D eigenvalue weighted by atomic mass is 16.2. The van der Waals surface area contributed by atoms with Crippen molar-refractivity contribution in [1.82, 2.24) is 15.8 Å². The van der Waals surface area contributed by atoms with Crippen LogP contribution in [0, 0.1) is 27.7 Å². The number of piperazine rings is 1. The third-order valence-corrected chi connectivity index (χ3v) is 6.30. The Morgan fingerprint density at radius 3 is 2.28 bits per heavy atom. The number of hydrazine groups is 1. The Morgan fingerprint density at radius 2 is 1.55 bits per heavy atom. The molecule has 2 saturated heterocycles. The summed E-state index contributed by atoms with van der Waals surface area (Å²) in [5.74, 6) is 0.213. The number of nitrogens with one attached hydrogen (secondary N) is 2. The highest BCUT2D eigenvalue weighted by Gasteiger charge is 2.34. The number of benzene rings is 2. The van der Waals surface area contributed by atoms with Crippen molar-refractivity contribution < 1.29 is 4.79 Å². The summed E-state index contributed by atoms with van der Waals surface area (Å²) >= 11 is 0. The van der Waals surface area contributed by atoms with Gasteiger partial charge in [0.1, 0.15) is 6.04 Å². The maximum Gasteiger partial charge on any atom is 0.241 e. The molecule has 2 aliphatic rings. The molecule has 2 fully saturated rings. The first-order valence-corrected chi connectivity index (χ1v) is 10.6. The predicted molar refractivity (Wildman–Crippen MR) is 118 cm³/mol. The van der Waals surface area contributed by atoms with E-state index in [-0.39, 0.29) is 18.0 Å². The second kappa shape index (κ2) is 8.17. The standard InChI is InChI=1S/C24H32N4O/c1-16-6-8-20(19(4)13-16)21-15-22(26-25-21)24(29)28-11-9-27(10-12-28)23-14-17(2)5-7-18(23)3/h5-8,13-14,21-22,25-26H,9-12,15H2,1-4H3. The fourth-order valence-corrected chi connectivity index (χ4v) is 4.59. The van der Waals surface area contributed by atoms with Gasteiger partial charge in [0.15, 0.2) is 0 Å². The molecule has 2 heterocycles. The normalized spacial score (nSPS) is 22.2. The summed E-state index contributed by atoms with van der Waals surface area (Å²) in [6.45, 7) is 11.9. The summed E-state index contributed by atoms with van der Waals surface area (Å²) in [5.41, 5.74) is 14.3. The Kier molecular flexibility index (Phi) is 5.61. The Morgan fingerprint density at radius 1 is 0.862 bits per heavy atom. The molecule has 0 spiro atoms. The van der Waals surface area contributed by atoms with Gasteiger partial charge < -0.3 is 9.80 Å². The van der Waals surface area contributed by atoms with Gasteiger partial charge in [0.25, 0.3) is 0 Å². The van der Waals surface area contributed by atoms with E-state index in [2.05, 4.69) is 79.8 Å². The lowest BCUT2D eigenvalue weighted by Crippen LogP contribution is -2.53. The molecule has 2 aliphatic heterocycles. The fourth-order valence-electron chi connectivity index (χ4n) is 4.59. The summed E-state index contributed by atoms with van der Waals surface area (Å²) in [7, 11) is 0. The van der Waals surface area contributed by atoms with Crippen molar-refractivity contribution in [2.24, 2.45) is 0 Å². The second-order valence-corrected chi connectivity index (χ2v) is 8.59. The van der Waals surface area contributed by atoms with E-state index in [4.69, 9.17) is 0 Å². The Hall–Kier alpha value is -2.37. The molecular weight excluding hydrogens is 360 g/mol. The van der Waals surface area contributed by atoms with Crippen LogP contribution >= 0.6 is 0 Å². The van der Waals surface area contributed by atoms with E-state index in [1.54, 1.807) is 0 Å². The largest absolute Gasteiger partial charge is 0.368 e. The molecule has 0 aliphatic carbocycles. The summed E-state index contributed by atoms with van der Waals surface area (Å²) in [5, 5.41) is 0. The van der Waals surface area contributed by atoms with E-state index in [1.165, 1.54) is 33.5 Å². The quantitative estimate of drug-likeness (QED) is 0.842. The van der Waals surface area contributed by atoms with Crippen molar-refractivity contribution in [3.63, 3.8) is 0 Å². The van der Waals surface area contributed by atoms with Crippen LogP contribution in [0.4, 0.5) is 5.69 Å². The molecule has 29 heavy (non-hydrogen) atoms. The minimum atomic E-state index is -0.159. The minimum Gasteiger partial charge on any atom is -0.368 e. The lowest BCUT2D eigenvalue weighted by Gasteiger charge is -2.37. The number of anilines is 1. The second-order valence-electron chi connectivity index (χ2n) is 8.59. The monoisotopic (exact) mass is 392 g/mol. The molecule has 2 unspecified atom stereocenters. The molecule has 5 nitrogen and oxygen atoms in total. The third-order valence-electron chi connectivity index (χ3n) is 6.30. The van der Waals surface area contributed by atoms with E-state index < -0.39 is 0 Å². The van der Waals surface area contributed by atoms with E-state index in [1.807, 2.05) is 4.90 Å². The number of rotatable bonds is 3. The summed E-state index contributed by atoms with van der Waals surface area (Å²) in [4.78, 5) is 17.5. The molecule has 4 rings (SSSR count). The summed E-state index contributed by atoms with van der Waals surface area (Å²) in [6.07, 6.45) is 0.792. The van der Waals surface area contributed by atoms with Crippen LogP contribution in [0.3, 0.4) is 0 Å². The smallest absolute Gasteiger partial charge is 0.241 e. The van der Waals surface area contributed by atoms with Crippen molar-refractivity contribution in [3.8, 4) is 0 Å². The fraction of sp³-hybridized carbons (Fsp3) is 0.458. The van der Waals surface area contributed by atoms with Crippen molar-refractivity contribution in [2.45, 2.75) is 46.2 Å². The zero-order chi connectivity index (χ0) is 20.5. The number of hydrogen-bond acceptors (Lipinski definition) is 4. The molecule has 154 valence electrons. The van der Waals surface area contributed by atoms with Gasteiger partial charge in [-0.3, -0.25) is 4.79 Å². The predicted octanol–water partition coefficient (Wildman–Crippen LogP) is 3.18. The van der Waals surface area contributed by atoms with Gasteiger partial charge in [-0.15, -0.1) is 0 Å². The Balaban J connectivity index is 1.36. The van der Waals surface area contributed by atoms with Gasteiger partial charge in [0.05, 0.1) is 0 Å². The maximum absolute atomic E-state index is 13.1. The number of aryl methyl sites for hydroxylation is 4. The van der Waals surface area contributed by atoms with Gasteiger partial charge in [0.2, 0.25) is 5.91 Å². The highest BCUT2D eigenvalue weighted by molar-refractivity contribution is 5.82. The Labute approximate surface area is 174 Å². The molecule has 2 atom stereocenters. The molecule has 0 aromatic heterocycles. The van der Waals surface area contributed by atoms with Gasteiger partial charge in [-0.1, -0.05) is 35.9 Å². The molecule has 5 heteroatoms. The van der Waals surface area contributed by atoms with Crippen LogP contribution in [0.1, 0.15) is 40.3 Å². The molecule has 2 N–H and O–H groups in total. The van der Waals surface area contributed by atoms with Gasteiger partial charge >= 0.3 is 0 Å². The lowest BCUT2D eigenvalue weighted by atomic mass is 9.96. The van der Waals surface area contributed by atoms with Crippen LogP contribution in [-0.2, 0) is 4.79 Å². The molecule has 1 amide bonds. The van der Waals surface area contributed by atoms with Gasteiger partial charge in [-0.05, 0) is 62.4 Å². The first-order chi connectivity index (χ1) is 13.9. The van der Waals surface area contributed by atoms with Crippen molar-refractivity contribution in [3.05, 3.63) is 64.2 Å². The minimum absolute atomic E-state index is 0.159. The Bertz CT molecular complexity index is 902. The molecule has 0 radical (unpaired) electrons. The van der Waals surface area contributed by atoms with Crippen LogP contribution < -0.4 is 15.8 Å². The van der Waals surface area contributed by atoms with Crippen LogP contribution in [-0.4, -0.2) is 43.0 Å². The molecule has 0 bridgehead atoms.